The molecule has 0 bridgehead atoms. The Bertz CT molecular complexity index is 590. The van der Waals surface area contributed by atoms with Gasteiger partial charge in [0.25, 0.3) is 0 Å². The first kappa shape index (κ1) is 15.4. The zero-order chi connectivity index (χ0) is 16.0. The summed E-state index contributed by atoms with van der Waals surface area (Å²) in [7, 11) is 0. The van der Waals surface area contributed by atoms with E-state index < -0.39 is 5.60 Å². The Morgan fingerprint density at radius 3 is 2.73 bits per heavy atom. The third kappa shape index (κ3) is 3.14. The van der Waals surface area contributed by atoms with Crippen molar-refractivity contribution < 1.29 is 14.3 Å². The van der Waals surface area contributed by atoms with E-state index in [0.717, 1.165) is 30.6 Å². The van der Waals surface area contributed by atoms with E-state index in [-0.39, 0.29) is 11.7 Å². The lowest BCUT2D eigenvalue weighted by Crippen LogP contribution is -2.50. The van der Waals surface area contributed by atoms with Crippen LogP contribution in [0.15, 0.2) is 12.3 Å². The minimum absolute atomic E-state index is 0.229. The topological polar surface area (TPSA) is 51.7 Å². The third-order valence-corrected chi connectivity index (χ3v) is 4.29. The molecule has 0 radical (unpaired) electrons. The van der Waals surface area contributed by atoms with E-state index in [0.29, 0.717) is 18.2 Å². The summed E-state index contributed by atoms with van der Waals surface area (Å²) in [4.78, 5) is 17.9. The number of aromatic nitrogens is 1. The number of hydrogen-bond donors (Lipinski definition) is 0. The van der Waals surface area contributed by atoms with Crippen molar-refractivity contribution in [2.75, 3.05) is 13.1 Å². The van der Waals surface area contributed by atoms with Crippen LogP contribution in [-0.4, -0.2) is 40.3 Å². The highest BCUT2D eigenvalue weighted by molar-refractivity contribution is 6.29. The lowest BCUT2D eigenvalue weighted by molar-refractivity contribution is -0.00894. The fourth-order valence-electron chi connectivity index (χ4n) is 3.00. The van der Waals surface area contributed by atoms with Gasteiger partial charge in [-0.2, -0.15) is 0 Å². The van der Waals surface area contributed by atoms with E-state index in [4.69, 9.17) is 21.1 Å². The highest BCUT2D eigenvalue weighted by Crippen LogP contribution is 2.41. The Morgan fingerprint density at radius 1 is 1.41 bits per heavy atom. The summed E-state index contributed by atoms with van der Waals surface area (Å²) in [6.07, 6.45) is 3.85. The van der Waals surface area contributed by atoms with Crippen LogP contribution in [-0.2, 0) is 11.2 Å². The number of ether oxygens (including phenoxy) is 2. The zero-order valence-electron chi connectivity index (χ0n) is 13.2. The lowest BCUT2D eigenvalue weighted by Gasteiger charge is -2.38. The smallest absolute Gasteiger partial charge is 0.410 e. The van der Waals surface area contributed by atoms with Gasteiger partial charge in [-0.05, 0) is 26.8 Å². The second-order valence-electron chi connectivity index (χ2n) is 7.04. The Balaban J connectivity index is 1.62. The zero-order valence-corrected chi connectivity index (χ0v) is 13.9. The molecule has 2 aliphatic heterocycles. The molecule has 6 heteroatoms. The first-order valence-corrected chi connectivity index (χ1v) is 7.96. The molecule has 1 aromatic heterocycles. The van der Waals surface area contributed by atoms with Crippen LogP contribution in [0.4, 0.5) is 4.79 Å². The first-order chi connectivity index (χ1) is 10.3. The largest absolute Gasteiger partial charge is 0.485 e. The number of hydrogen-bond acceptors (Lipinski definition) is 4. The van der Waals surface area contributed by atoms with Gasteiger partial charge in [0.2, 0.25) is 0 Å². The van der Waals surface area contributed by atoms with Gasteiger partial charge in [-0.3, -0.25) is 0 Å². The number of halogens is 1. The average Bonchev–Trinajstić information content (AvgIpc) is 2.74. The van der Waals surface area contributed by atoms with Crippen LogP contribution in [0, 0.1) is 0 Å². The number of rotatable bonds is 0. The number of carbonyl (C=O) groups excluding carboxylic acids is 1. The minimum Gasteiger partial charge on any atom is -0.485 e. The summed E-state index contributed by atoms with van der Waals surface area (Å²) in [5.41, 5.74) is 0.410. The SMILES string of the molecule is CC(C)(C)OC(=O)N1CCC2(CC1)Cc1cc(Cl)ncc1O2. The van der Waals surface area contributed by atoms with Crippen molar-refractivity contribution in [3.05, 3.63) is 23.0 Å². The number of pyridine rings is 1. The second kappa shape index (κ2) is 5.30. The normalized spacial score (nSPS) is 19.7. The molecule has 0 aliphatic carbocycles. The van der Waals surface area contributed by atoms with Crippen LogP contribution in [0.25, 0.3) is 0 Å². The second-order valence-corrected chi connectivity index (χ2v) is 7.43. The van der Waals surface area contributed by atoms with E-state index in [9.17, 15) is 4.79 Å². The van der Waals surface area contributed by atoms with Gasteiger partial charge in [0.15, 0.2) is 0 Å². The predicted octanol–water partition coefficient (Wildman–Crippen LogP) is 3.44. The van der Waals surface area contributed by atoms with E-state index in [1.54, 1.807) is 11.1 Å². The van der Waals surface area contributed by atoms with E-state index in [2.05, 4.69) is 4.98 Å². The molecule has 0 saturated carbocycles. The predicted molar refractivity (Wildman–Crippen MR) is 83.4 cm³/mol. The summed E-state index contributed by atoms with van der Waals surface area (Å²) < 4.78 is 11.5. The van der Waals surface area contributed by atoms with Crippen molar-refractivity contribution in [2.24, 2.45) is 0 Å². The Hall–Kier alpha value is -1.49. The fraction of sp³-hybridized carbons (Fsp3) is 0.625. The highest BCUT2D eigenvalue weighted by Gasteiger charge is 2.43. The molecule has 3 rings (SSSR count). The third-order valence-electron chi connectivity index (χ3n) is 4.08. The maximum atomic E-state index is 12.1. The van der Waals surface area contributed by atoms with Crippen molar-refractivity contribution in [1.82, 2.24) is 9.88 Å². The molecule has 2 aliphatic rings. The van der Waals surface area contributed by atoms with Crippen molar-refractivity contribution >= 4 is 17.7 Å². The number of fused-ring (bicyclic) bond motifs is 1. The molecule has 0 atom stereocenters. The van der Waals surface area contributed by atoms with Crippen molar-refractivity contribution in [3.63, 3.8) is 0 Å². The van der Waals surface area contributed by atoms with Crippen LogP contribution >= 0.6 is 11.6 Å². The monoisotopic (exact) mass is 324 g/mol. The molecular formula is C16H21ClN2O3. The van der Waals surface area contributed by atoms with Crippen LogP contribution < -0.4 is 4.74 Å². The Kier molecular flexibility index (Phi) is 3.71. The molecule has 0 unspecified atom stereocenters. The molecule has 1 aromatic rings. The van der Waals surface area contributed by atoms with Crippen LogP contribution in [0.2, 0.25) is 5.15 Å². The van der Waals surface area contributed by atoms with Gasteiger partial charge in [-0.25, -0.2) is 9.78 Å². The van der Waals surface area contributed by atoms with Crippen molar-refractivity contribution in [2.45, 2.75) is 51.2 Å². The van der Waals surface area contributed by atoms with Gasteiger partial charge < -0.3 is 14.4 Å². The molecular weight excluding hydrogens is 304 g/mol. The maximum absolute atomic E-state index is 12.1. The molecule has 120 valence electrons. The van der Waals surface area contributed by atoms with E-state index in [1.807, 2.05) is 26.8 Å². The van der Waals surface area contributed by atoms with E-state index in [1.165, 1.54) is 0 Å². The molecule has 1 spiro atoms. The molecule has 3 heterocycles. The molecule has 1 amide bonds. The van der Waals surface area contributed by atoms with Gasteiger partial charge in [-0.15, -0.1) is 0 Å². The van der Waals surface area contributed by atoms with Crippen LogP contribution in [0.5, 0.6) is 5.75 Å². The summed E-state index contributed by atoms with van der Waals surface area (Å²) in [6.45, 7) is 6.92. The number of likely N-dealkylation sites (tertiary alicyclic amines) is 1. The molecule has 0 aromatic carbocycles. The molecule has 5 nitrogen and oxygen atoms in total. The highest BCUT2D eigenvalue weighted by atomic mass is 35.5. The van der Waals surface area contributed by atoms with Gasteiger partial charge in [0.05, 0.1) is 6.20 Å². The van der Waals surface area contributed by atoms with Gasteiger partial charge in [0, 0.05) is 37.9 Å². The quantitative estimate of drug-likeness (QED) is 0.686. The molecule has 22 heavy (non-hydrogen) atoms. The number of carbonyl (C=O) groups is 1. The minimum atomic E-state index is -0.464. The van der Waals surface area contributed by atoms with Gasteiger partial charge >= 0.3 is 6.09 Å². The van der Waals surface area contributed by atoms with Crippen LogP contribution in [0.3, 0.4) is 0 Å². The van der Waals surface area contributed by atoms with E-state index >= 15 is 0 Å². The summed E-state index contributed by atoms with van der Waals surface area (Å²) in [5.74, 6) is 0.815. The molecule has 0 N–H and O–H groups in total. The molecule has 1 saturated heterocycles. The Morgan fingerprint density at radius 2 is 2.09 bits per heavy atom. The van der Waals surface area contributed by atoms with Gasteiger partial charge in [0.1, 0.15) is 22.1 Å². The van der Waals surface area contributed by atoms with Crippen LogP contribution in [0.1, 0.15) is 39.2 Å². The summed E-state index contributed by atoms with van der Waals surface area (Å²) >= 11 is 5.94. The standard InChI is InChI=1S/C16H21ClN2O3/c1-15(2,3)22-14(20)19-6-4-16(5-7-19)9-11-8-13(17)18-10-12(11)21-16/h8,10H,4-7,9H2,1-3H3. The number of nitrogens with zero attached hydrogens (tertiary/aromatic N) is 2. The number of piperidine rings is 1. The Labute approximate surface area is 135 Å². The first-order valence-electron chi connectivity index (χ1n) is 7.58. The fourth-order valence-corrected chi connectivity index (χ4v) is 3.18. The van der Waals surface area contributed by atoms with Crippen molar-refractivity contribution in [3.8, 4) is 5.75 Å². The van der Waals surface area contributed by atoms with Gasteiger partial charge in [-0.1, -0.05) is 11.6 Å². The molecule has 1 fully saturated rings. The lowest BCUT2D eigenvalue weighted by atomic mass is 9.87. The summed E-state index contributed by atoms with van der Waals surface area (Å²) in [5, 5.41) is 0.491. The number of amides is 1. The van der Waals surface area contributed by atoms with Crippen molar-refractivity contribution in [1.29, 1.82) is 0 Å². The maximum Gasteiger partial charge on any atom is 0.410 e. The summed E-state index contributed by atoms with van der Waals surface area (Å²) in [6, 6.07) is 1.87. The average molecular weight is 325 g/mol.